The molecule has 94 valence electrons. The van der Waals surface area contributed by atoms with Gasteiger partial charge in [0.1, 0.15) is 0 Å². The summed E-state index contributed by atoms with van der Waals surface area (Å²) < 4.78 is 1.38. The molecule has 3 heteroatoms. The van der Waals surface area contributed by atoms with Crippen LogP contribution in [0.1, 0.15) is 0 Å². The molecule has 0 nitrogen and oxygen atoms in total. The van der Waals surface area contributed by atoms with Gasteiger partial charge >= 0.3 is 0 Å². The Balaban J connectivity index is 3.04. The van der Waals surface area contributed by atoms with Crippen LogP contribution in [-0.2, 0) is 0 Å². The van der Waals surface area contributed by atoms with Gasteiger partial charge in [-0.2, -0.15) is 0 Å². The van der Waals surface area contributed by atoms with E-state index in [2.05, 4.69) is 70.1 Å². The predicted octanol–water partition coefficient (Wildman–Crippen LogP) is 4.72. The topological polar surface area (TPSA) is 0 Å². The van der Waals surface area contributed by atoms with E-state index < -0.39 is 16.1 Å². The summed E-state index contributed by atoms with van der Waals surface area (Å²) in [6.45, 7) is 18.6. The van der Waals surface area contributed by atoms with Gasteiger partial charge in [-0.1, -0.05) is 75.8 Å². The Hall–Kier alpha value is -0.256. The van der Waals surface area contributed by atoms with Gasteiger partial charge in [0.05, 0.1) is 16.1 Å². The maximum absolute atomic E-state index is 4.28. The summed E-state index contributed by atoms with van der Waals surface area (Å²) in [5.74, 6) is 0. The van der Waals surface area contributed by atoms with Crippen LogP contribution in [0.3, 0.4) is 0 Å². The van der Waals surface area contributed by atoms with E-state index >= 15 is 0 Å². The highest BCUT2D eigenvalue weighted by Gasteiger charge is 2.23. The van der Waals surface area contributed by atoms with Crippen molar-refractivity contribution < 1.29 is 0 Å². The number of hydrogen-bond acceptors (Lipinski definition) is 1. The summed E-state index contributed by atoms with van der Waals surface area (Å²) in [6, 6.07) is 8.86. The maximum atomic E-state index is 4.28. The van der Waals surface area contributed by atoms with Crippen molar-refractivity contribution in [2.75, 3.05) is 0 Å². The van der Waals surface area contributed by atoms with Crippen LogP contribution in [0.5, 0.6) is 0 Å². The average Bonchev–Trinajstić information content (AvgIpc) is 2.15. The van der Waals surface area contributed by atoms with Crippen LogP contribution in [0.15, 0.2) is 40.3 Å². The van der Waals surface area contributed by atoms with Crippen molar-refractivity contribution in [3.8, 4) is 0 Å². The van der Waals surface area contributed by atoms with Crippen molar-refractivity contribution in [2.45, 2.75) is 44.2 Å². The second-order valence-corrected chi connectivity index (χ2v) is 18.2. The lowest BCUT2D eigenvalue weighted by Crippen LogP contribution is -2.39. The monoisotopic (exact) mass is 280 g/mol. The fourth-order valence-corrected chi connectivity index (χ4v) is 6.10. The fraction of sp³-hybridized carbons (Fsp3) is 0.429. The summed E-state index contributed by atoms with van der Waals surface area (Å²) in [6.07, 6.45) is 0. The van der Waals surface area contributed by atoms with Gasteiger partial charge in [-0.05, 0) is 15.8 Å². The van der Waals surface area contributed by atoms with Crippen LogP contribution in [0.4, 0.5) is 0 Å². The van der Waals surface area contributed by atoms with Gasteiger partial charge in [0.15, 0.2) is 0 Å². The van der Waals surface area contributed by atoms with Gasteiger partial charge in [0.25, 0.3) is 0 Å². The molecule has 1 rings (SSSR count). The summed E-state index contributed by atoms with van der Waals surface area (Å²) in [7, 11) is -2.49. The molecule has 1 aromatic carbocycles. The number of rotatable bonds is 4. The van der Waals surface area contributed by atoms with Crippen LogP contribution in [0, 0.1) is 0 Å². The SMILES string of the molecule is C=C(Sc1ccccc1[Si](C)(C)C)[Si](C)(C)C. The molecule has 0 unspecified atom stereocenters. The molecule has 0 aliphatic rings. The lowest BCUT2D eigenvalue weighted by Gasteiger charge is -2.24. The van der Waals surface area contributed by atoms with E-state index in [1.165, 1.54) is 9.42 Å². The molecule has 0 spiro atoms. The second-order valence-electron chi connectivity index (χ2n) is 6.52. The van der Waals surface area contributed by atoms with Crippen molar-refractivity contribution >= 4 is 33.1 Å². The zero-order chi connectivity index (χ0) is 13.3. The Bertz CT molecular complexity index is 411. The summed E-state index contributed by atoms with van der Waals surface area (Å²) >= 11 is 1.91. The lowest BCUT2D eigenvalue weighted by molar-refractivity contribution is 1.49. The van der Waals surface area contributed by atoms with Gasteiger partial charge in [-0.25, -0.2) is 0 Å². The summed E-state index contributed by atoms with van der Waals surface area (Å²) in [5, 5.41) is 1.56. The molecule has 0 saturated carbocycles. The molecule has 0 atom stereocenters. The number of hydrogen-bond donors (Lipinski definition) is 0. The van der Waals surface area contributed by atoms with E-state index in [1.807, 2.05) is 11.8 Å². The minimum absolute atomic E-state index is 1.24. The zero-order valence-corrected chi connectivity index (χ0v) is 14.7. The van der Waals surface area contributed by atoms with Gasteiger partial charge in [0, 0.05) is 4.90 Å². The van der Waals surface area contributed by atoms with E-state index in [9.17, 15) is 0 Å². The molecule has 0 heterocycles. The number of benzene rings is 1. The molecule has 0 aliphatic carbocycles. The third-order valence-corrected chi connectivity index (χ3v) is 9.64. The Kier molecular flexibility index (Phi) is 4.50. The molecule has 0 fully saturated rings. The van der Waals surface area contributed by atoms with Crippen molar-refractivity contribution in [1.82, 2.24) is 0 Å². The maximum Gasteiger partial charge on any atom is 0.0854 e. The van der Waals surface area contributed by atoms with Gasteiger partial charge in [0.2, 0.25) is 0 Å². The van der Waals surface area contributed by atoms with Crippen molar-refractivity contribution in [3.05, 3.63) is 35.4 Å². The van der Waals surface area contributed by atoms with Crippen LogP contribution < -0.4 is 5.19 Å². The van der Waals surface area contributed by atoms with E-state index in [-0.39, 0.29) is 0 Å². The second kappa shape index (κ2) is 5.16. The Morgan fingerprint density at radius 2 is 1.53 bits per heavy atom. The Labute approximate surface area is 113 Å². The smallest absolute Gasteiger partial charge is 0.0854 e. The van der Waals surface area contributed by atoms with Crippen molar-refractivity contribution in [1.29, 1.82) is 0 Å². The minimum atomic E-state index is -1.25. The minimum Gasteiger partial charge on any atom is -0.0999 e. The van der Waals surface area contributed by atoms with E-state index in [0.29, 0.717) is 0 Å². The molecule has 0 aliphatic heterocycles. The first-order chi connectivity index (χ1) is 7.62. The highest BCUT2D eigenvalue weighted by molar-refractivity contribution is 8.05. The molecular formula is C14H24SSi2. The van der Waals surface area contributed by atoms with Crippen molar-refractivity contribution in [2.24, 2.45) is 0 Å². The quantitative estimate of drug-likeness (QED) is 0.568. The van der Waals surface area contributed by atoms with Crippen molar-refractivity contribution in [3.63, 3.8) is 0 Å². The molecule has 0 aromatic heterocycles. The Morgan fingerprint density at radius 1 is 1.00 bits per heavy atom. The van der Waals surface area contributed by atoms with Gasteiger partial charge in [-0.3, -0.25) is 0 Å². The first-order valence-electron chi connectivity index (χ1n) is 6.09. The van der Waals surface area contributed by atoms with Crippen LogP contribution in [-0.4, -0.2) is 16.1 Å². The third-order valence-electron chi connectivity index (χ3n) is 2.76. The molecule has 1 aromatic rings. The Morgan fingerprint density at radius 3 is 2.00 bits per heavy atom. The van der Waals surface area contributed by atoms with Crippen LogP contribution in [0.2, 0.25) is 39.3 Å². The van der Waals surface area contributed by atoms with Crippen LogP contribution in [0.25, 0.3) is 0 Å². The standard InChI is InChI=1S/C14H24SSi2/c1-12(16(2,3)4)15-13-10-8-9-11-14(13)17(5,6)7/h8-11H,1H2,2-7H3. The molecule has 0 radical (unpaired) electrons. The molecule has 0 bridgehead atoms. The van der Waals surface area contributed by atoms with Crippen LogP contribution >= 0.6 is 11.8 Å². The fourth-order valence-electron chi connectivity index (χ4n) is 1.46. The first kappa shape index (κ1) is 14.8. The third kappa shape index (κ3) is 4.16. The average molecular weight is 281 g/mol. The summed E-state index contributed by atoms with van der Waals surface area (Å²) in [4.78, 5) is 1.43. The predicted molar refractivity (Wildman–Crippen MR) is 87.8 cm³/mol. The van der Waals surface area contributed by atoms with E-state index in [1.54, 1.807) is 5.19 Å². The molecule has 17 heavy (non-hydrogen) atoms. The lowest BCUT2D eigenvalue weighted by atomic mass is 10.4. The number of thioether (sulfide) groups is 1. The normalized spacial score (nSPS) is 12.6. The van der Waals surface area contributed by atoms with E-state index in [0.717, 1.165) is 0 Å². The van der Waals surface area contributed by atoms with Gasteiger partial charge in [-0.15, -0.1) is 0 Å². The largest absolute Gasteiger partial charge is 0.0999 e. The molecule has 0 amide bonds. The van der Waals surface area contributed by atoms with E-state index in [4.69, 9.17) is 0 Å². The zero-order valence-electron chi connectivity index (χ0n) is 11.9. The highest BCUT2D eigenvalue weighted by atomic mass is 32.2. The first-order valence-corrected chi connectivity index (χ1v) is 13.9. The highest BCUT2D eigenvalue weighted by Crippen LogP contribution is 2.31. The molecular weight excluding hydrogens is 256 g/mol. The molecule has 0 N–H and O–H groups in total. The summed E-state index contributed by atoms with van der Waals surface area (Å²) in [5.41, 5.74) is 0. The van der Waals surface area contributed by atoms with Gasteiger partial charge < -0.3 is 0 Å². The molecule has 0 saturated heterocycles.